The molecule has 7 nitrogen and oxygen atoms in total. The van der Waals surface area contributed by atoms with Gasteiger partial charge in [-0.05, 0) is 43.0 Å². The summed E-state index contributed by atoms with van der Waals surface area (Å²) in [6, 6.07) is 15.7. The van der Waals surface area contributed by atoms with Crippen molar-refractivity contribution in [2.45, 2.75) is 25.7 Å². The Labute approximate surface area is 190 Å². The van der Waals surface area contributed by atoms with Crippen LogP contribution in [0.15, 0.2) is 48.5 Å². The molecule has 1 aliphatic rings. The number of hydrogen-bond donors (Lipinski definition) is 2. The first-order chi connectivity index (χ1) is 15.5. The van der Waals surface area contributed by atoms with Gasteiger partial charge in [0.25, 0.3) is 0 Å². The fraction of sp³-hybridized carbons (Fsp3) is 0.440. The van der Waals surface area contributed by atoms with Gasteiger partial charge in [0.1, 0.15) is 0 Å². The van der Waals surface area contributed by atoms with E-state index in [1.54, 1.807) is 19.1 Å². The summed E-state index contributed by atoms with van der Waals surface area (Å²) in [5, 5.41) is 5.93. The van der Waals surface area contributed by atoms with E-state index in [4.69, 9.17) is 9.47 Å². The molecule has 0 radical (unpaired) electrons. The van der Waals surface area contributed by atoms with Crippen LogP contribution in [0.5, 0.6) is 11.5 Å². The molecule has 0 bridgehead atoms. The van der Waals surface area contributed by atoms with Crippen LogP contribution < -0.4 is 20.1 Å². The molecule has 2 aromatic carbocycles. The summed E-state index contributed by atoms with van der Waals surface area (Å²) in [4.78, 5) is 27.4. The Morgan fingerprint density at radius 1 is 1.00 bits per heavy atom. The van der Waals surface area contributed by atoms with Crippen molar-refractivity contribution >= 4 is 11.9 Å². The number of methoxy groups -OCH3 is 2. The SMILES string of the molecule is CCNC(=O)N1CC(C(=O)NCCc2ccccc2)CC(c2ccc(OC)c(OC)c2)C1. The molecule has 172 valence electrons. The Kier molecular flexibility index (Phi) is 8.36. The molecule has 0 aliphatic carbocycles. The van der Waals surface area contributed by atoms with Gasteiger partial charge in [-0.25, -0.2) is 4.79 Å². The minimum Gasteiger partial charge on any atom is -0.493 e. The number of ether oxygens (including phenoxy) is 2. The van der Waals surface area contributed by atoms with E-state index in [1.807, 2.05) is 43.3 Å². The highest BCUT2D eigenvalue weighted by molar-refractivity contribution is 5.81. The highest BCUT2D eigenvalue weighted by Gasteiger charge is 2.34. The van der Waals surface area contributed by atoms with E-state index in [2.05, 4.69) is 22.8 Å². The molecule has 1 fully saturated rings. The summed E-state index contributed by atoms with van der Waals surface area (Å²) in [6.07, 6.45) is 1.45. The maximum Gasteiger partial charge on any atom is 0.317 e. The number of hydrogen-bond acceptors (Lipinski definition) is 4. The van der Waals surface area contributed by atoms with Gasteiger partial charge < -0.3 is 25.0 Å². The second-order valence-corrected chi connectivity index (χ2v) is 8.01. The van der Waals surface area contributed by atoms with Crippen molar-refractivity contribution < 1.29 is 19.1 Å². The van der Waals surface area contributed by atoms with Crippen LogP contribution in [0.4, 0.5) is 4.79 Å². The lowest BCUT2D eigenvalue weighted by Crippen LogP contribution is -2.51. The predicted molar refractivity (Wildman–Crippen MR) is 124 cm³/mol. The van der Waals surface area contributed by atoms with Crippen LogP contribution in [-0.4, -0.2) is 57.2 Å². The quantitative estimate of drug-likeness (QED) is 0.662. The van der Waals surface area contributed by atoms with Gasteiger partial charge in [-0.15, -0.1) is 0 Å². The molecule has 0 spiro atoms. The zero-order valence-electron chi connectivity index (χ0n) is 19.1. The van der Waals surface area contributed by atoms with E-state index in [-0.39, 0.29) is 23.8 Å². The molecule has 0 aromatic heterocycles. The average Bonchev–Trinajstić information content (AvgIpc) is 2.84. The van der Waals surface area contributed by atoms with Gasteiger partial charge in [0.15, 0.2) is 11.5 Å². The van der Waals surface area contributed by atoms with Crippen molar-refractivity contribution in [3.63, 3.8) is 0 Å². The minimum absolute atomic E-state index is 0.0135. The maximum atomic E-state index is 13.0. The minimum atomic E-state index is -0.278. The molecule has 2 aromatic rings. The molecule has 1 heterocycles. The van der Waals surface area contributed by atoms with Crippen molar-refractivity contribution in [1.82, 2.24) is 15.5 Å². The van der Waals surface area contributed by atoms with Gasteiger partial charge in [0.2, 0.25) is 5.91 Å². The molecule has 3 amide bonds. The molecule has 2 atom stereocenters. The van der Waals surface area contributed by atoms with E-state index < -0.39 is 0 Å². The summed E-state index contributed by atoms with van der Waals surface area (Å²) in [7, 11) is 3.21. The summed E-state index contributed by atoms with van der Waals surface area (Å²) >= 11 is 0. The fourth-order valence-corrected chi connectivity index (χ4v) is 4.19. The second kappa shape index (κ2) is 11.4. The number of carbonyl (C=O) groups is 2. The van der Waals surface area contributed by atoms with Gasteiger partial charge in [0.05, 0.1) is 20.1 Å². The molecule has 7 heteroatoms. The number of nitrogens with zero attached hydrogens (tertiary/aromatic N) is 1. The van der Waals surface area contributed by atoms with E-state index in [0.717, 1.165) is 12.0 Å². The fourth-order valence-electron chi connectivity index (χ4n) is 4.19. The van der Waals surface area contributed by atoms with Crippen LogP contribution in [0.1, 0.15) is 30.4 Å². The van der Waals surface area contributed by atoms with Gasteiger partial charge in [0, 0.05) is 32.1 Å². The monoisotopic (exact) mass is 439 g/mol. The third-order valence-corrected chi connectivity index (χ3v) is 5.87. The Balaban J connectivity index is 1.72. The first kappa shape index (κ1) is 23.4. The largest absolute Gasteiger partial charge is 0.493 e. The van der Waals surface area contributed by atoms with Gasteiger partial charge in [-0.3, -0.25) is 4.79 Å². The van der Waals surface area contributed by atoms with Crippen molar-refractivity contribution in [3.05, 3.63) is 59.7 Å². The third-order valence-electron chi connectivity index (χ3n) is 5.87. The number of amides is 3. The normalized spacial score (nSPS) is 18.0. The van der Waals surface area contributed by atoms with Gasteiger partial charge in [-0.2, -0.15) is 0 Å². The van der Waals surface area contributed by atoms with Crippen molar-refractivity contribution in [2.24, 2.45) is 5.92 Å². The first-order valence-electron chi connectivity index (χ1n) is 11.1. The van der Waals surface area contributed by atoms with Gasteiger partial charge >= 0.3 is 6.03 Å². The number of benzene rings is 2. The highest BCUT2D eigenvalue weighted by atomic mass is 16.5. The second-order valence-electron chi connectivity index (χ2n) is 8.01. The van der Waals surface area contributed by atoms with Gasteiger partial charge in [-0.1, -0.05) is 36.4 Å². The third kappa shape index (κ3) is 5.93. The zero-order chi connectivity index (χ0) is 22.9. The lowest BCUT2D eigenvalue weighted by Gasteiger charge is -2.37. The summed E-state index contributed by atoms with van der Waals surface area (Å²) in [6.45, 7) is 3.97. The van der Waals surface area contributed by atoms with E-state index in [0.29, 0.717) is 44.1 Å². The van der Waals surface area contributed by atoms with Crippen LogP contribution in [0.25, 0.3) is 0 Å². The summed E-state index contributed by atoms with van der Waals surface area (Å²) in [5.41, 5.74) is 2.21. The maximum absolute atomic E-state index is 13.0. The molecule has 2 N–H and O–H groups in total. The molecular weight excluding hydrogens is 406 g/mol. The smallest absolute Gasteiger partial charge is 0.317 e. The van der Waals surface area contributed by atoms with E-state index in [9.17, 15) is 9.59 Å². The Morgan fingerprint density at radius 3 is 2.44 bits per heavy atom. The van der Waals surface area contributed by atoms with Crippen LogP contribution in [0.2, 0.25) is 0 Å². The number of likely N-dealkylation sites (tertiary alicyclic amines) is 1. The van der Waals surface area contributed by atoms with Crippen LogP contribution in [-0.2, 0) is 11.2 Å². The molecular formula is C25H33N3O4. The Morgan fingerprint density at radius 2 is 1.75 bits per heavy atom. The lowest BCUT2D eigenvalue weighted by molar-refractivity contribution is -0.126. The predicted octanol–water partition coefficient (Wildman–Crippen LogP) is 3.20. The number of piperidine rings is 1. The van der Waals surface area contributed by atoms with Crippen molar-refractivity contribution in [1.29, 1.82) is 0 Å². The number of nitrogens with one attached hydrogen (secondary N) is 2. The van der Waals surface area contributed by atoms with Crippen molar-refractivity contribution in [2.75, 3.05) is 40.4 Å². The van der Waals surface area contributed by atoms with Crippen LogP contribution >= 0.6 is 0 Å². The Bertz CT molecular complexity index is 903. The molecule has 0 saturated carbocycles. The molecule has 3 rings (SSSR count). The summed E-state index contributed by atoms with van der Waals surface area (Å²) in [5.74, 6) is 1.03. The van der Waals surface area contributed by atoms with E-state index >= 15 is 0 Å². The molecule has 1 saturated heterocycles. The molecule has 2 unspecified atom stereocenters. The van der Waals surface area contributed by atoms with Crippen LogP contribution in [0, 0.1) is 5.92 Å². The van der Waals surface area contributed by atoms with Crippen LogP contribution in [0.3, 0.4) is 0 Å². The lowest BCUT2D eigenvalue weighted by atomic mass is 9.84. The number of rotatable bonds is 8. The van der Waals surface area contributed by atoms with E-state index in [1.165, 1.54) is 5.56 Å². The first-order valence-corrected chi connectivity index (χ1v) is 11.1. The summed E-state index contributed by atoms with van der Waals surface area (Å²) < 4.78 is 10.8. The standard InChI is InChI=1S/C25H33N3O4/c1-4-26-25(30)28-16-20(19-10-11-22(31-2)23(15-19)32-3)14-21(17-28)24(29)27-13-12-18-8-6-5-7-9-18/h5-11,15,20-21H,4,12-14,16-17H2,1-3H3,(H,26,30)(H,27,29). The zero-order valence-corrected chi connectivity index (χ0v) is 19.1. The molecule has 32 heavy (non-hydrogen) atoms. The Hall–Kier alpha value is -3.22. The number of carbonyl (C=O) groups excluding carboxylic acids is 2. The number of urea groups is 1. The average molecular weight is 440 g/mol. The highest BCUT2D eigenvalue weighted by Crippen LogP contribution is 2.35. The van der Waals surface area contributed by atoms with Crippen molar-refractivity contribution in [3.8, 4) is 11.5 Å². The molecule has 1 aliphatic heterocycles. The topological polar surface area (TPSA) is 79.9 Å².